The van der Waals surface area contributed by atoms with E-state index in [1.807, 2.05) is 6.92 Å². The number of aromatic hydroxyl groups is 1. The Bertz CT molecular complexity index is 942. The van der Waals surface area contributed by atoms with Crippen LogP contribution in [-0.4, -0.2) is 37.7 Å². The van der Waals surface area contributed by atoms with E-state index in [9.17, 15) is 18.3 Å². The van der Waals surface area contributed by atoms with Crippen molar-refractivity contribution in [3.8, 4) is 5.88 Å². The summed E-state index contributed by atoms with van der Waals surface area (Å²) in [7, 11) is 0. The van der Waals surface area contributed by atoms with Gasteiger partial charge in [-0.25, -0.2) is 4.98 Å². The quantitative estimate of drug-likeness (QED) is 0.716. The molecule has 9 heteroatoms. The second-order valence-electron chi connectivity index (χ2n) is 6.63. The number of aryl methyl sites for hydroxylation is 1. The minimum absolute atomic E-state index is 0.0130. The molecular formula is C18H19F3N4OS. The maximum atomic E-state index is 12.9. The van der Waals surface area contributed by atoms with E-state index in [4.69, 9.17) is 0 Å². The Morgan fingerprint density at radius 1 is 1.19 bits per heavy atom. The summed E-state index contributed by atoms with van der Waals surface area (Å²) in [6.45, 7) is 3.60. The van der Waals surface area contributed by atoms with Crippen molar-refractivity contribution in [2.45, 2.75) is 38.4 Å². The van der Waals surface area contributed by atoms with Crippen LogP contribution in [0.1, 0.15) is 47.6 Å². The van der Waals surface area contributed by atoms with E-state index in [-0.39, 0.29) is 11.9 Å². The largest absolute Gasteiger partial charge is 0.492 e. The van der Waals surface area contributed by atoms with Crippen molar-refractivity contribution >= 4 is 16.3 Å². The molecule has 0 unspecified atom stereocenters. The van der Waals surface area contributed by atoms with Crippen molar-refractivity contribution in [3.63, 3.8) is 0 Å². The fraction of sp³-hybridized carbons (Fsp3) is 0.444. The van der Waals surface area contributed by atoms with Crippen LogP contribution in [-0.2, 0) is 12.6 Å². The Kier molecular flexibility index (Phi) is 4.59. The molecule has 1 N–H and O–H groups in total. The molecule has 0 radical (unpaired) electrons. The van der Waals surface area contributed by atoms with Gasteiger partial charge in [-0.1, -0.05) is 30.4 Å². The van der Waals surface area contributed by atoms with Crippen molar-refractivity contribution < 1.29 is 18.3 Å². The Morgan fingerprint density at radius 2 is 1.85 bits per heavy atom. The monoisotopic (exact) mass is 396 g/mol. The zero-order valence-corrected chi connectivity index (χ0v) is 15.5. The molecule has 3 aromatic rings. The molecule has 3 heterocycles. The summed E-state index contributed by atoms with van der Waals surface area (Å²) >= 11 is 1.34. The van der Waals surface area contributed by atoms with Gasteiger partial charge in [-0.05, 0) is 43.6 Å². The highest BCUT2D eigenvalue weighted by molar-refractivity contribution is 7.17. The summed E-state index contributed by atoms with van der Waals surface area (Å²) in [6, 6.07) is 4.88. The zero-order valence-electron chi connectivity index (χ0n) is 14.7. The molecule has 0 aliphatic carbocycles. The summed E-state index contributed by atoms with van der Waals surface area (Å²) in [4.78, 5) is 7.85. The van der Waals surface area contributed by atoms with Gasteiger partial charge in [0.2, 0.25) is 10.8 Å². The van der Waals surface area contributed by atoms with Gasteiger partial charge in [0.15, 0.2) is 5.82 Å². The number of benzene rings is 1. The van der Waals surface area contributed by atoms with Crippen LogP contribution in [0.5, 0.6) is 5.88 Å². The lowest BCUT2D eigenvalue weighted by Gasteiger charge is -2.27. The summed E-state index contributed by atoms with van der Waals surface area (Å²) in [5, 5.41) is 15.0. The number of hydrogen-bond donors (Lipinski definition) is 1. The summed E-state index contributed by atoms with van der Waals surface area (Å²) in [5.74, 6) is 0.661. The van der Waals surface area contributed by atoms with Crippen molar-refractivity contribution in [2.75, 3.05) is 13.1 Å². The van der Waals surface area contributed by atoms with Gasteiger partial charge in [0.25, 0.3) is 0 Å². The Hall–Kier alpha value is -2.13. The zero-order chi connectivity index (χ0) is 19.2. The Balaban J connectivity index is 1.78. The Morgan fingerprint density at radius 3 is 2.41 bits per heavy atom. The molecule has 0 amide bonds. The van der Waals surface area contributed by atoms with Crippen LogP contribution in [0.2, 0.25) is 0 Å². The molecule has 0 saturated carbocycles. The minimum Gasteiger partial charge on any atom is -0.492 e. The van der Waals surface area contributed by atoms with E-state index in [1.54, 1.807) is 0 Å². The van der Waals surface area contributed by atoms with Crippen molar-refractivity contribution in [1.82, 2.24) is 19.5 Å². The molecule has 2 aromatic heterocycles. The fourth-order valence-electron chi connectivity index (χ4n) is 3.50. The van der Waals surface area contributed by atoms with Gasteiger partial charge in [-0.3, -0.25) is 4.90 Å². The van der Waals surface area contributed by atoms with Gasteiger partial charge in [-0.2, -0.15) is 17.7 Å². The van der Waals surface area contributed by atoms with E-state index in [0.717, 1.165) is 43.6 Å². The van der Waals surface area contributed by atoms with Gasteiger partial charge in [0, 0.05) is 6.42 Å². The summed E-state index contributed by atoms with van der Waals surface area (Å²) in [5.41, 5.74) is 0.0475. The van der Waals surface area contributed by atoms with Crippen LogP contribution >= 0.6 is 11.3 Å². The van der Waals surface area contributed by atoms with Crippen LogP contribution < -0.4 is 0 Å². The Labute approximate surface area is 158 Å². The van der Waals surface area contributed by atoms with Crippen LogP contribution in [0.25, 0.3) is 4.96 Å². The normalized spacial score (nSPS) is 17.0. The number of halogens is 3. The highest BCUT2D eigenvalue weighted by Crippen LogP contribution is 2.41. The number of rotatable bonds is 4. The van der Waals surface area contributed by atoms with Crippen molar-refractivity contribution in [2.24, 2.45) is 0 Å². The minimum atomic E-state index is -4.37. The van der Waals surface area contributed by atoms with Gasteiger partial charge in [0.05, 0.1) is 16.5 Å². The molecule has 5 nitrogen and oxygen atoms in total. The van der Waals surface area contributed by atoms with Gasteiger partial charge in [0.1, 0.15) is 0 Å². The van der Waals surface area contributed by atoms with Crippen LogP contribution in [0.3, 0.4) is 0 Å². The molecule has 1 atom stereocenters. The summed E-state index contributed by atoms with van der Waals surface area (Å²) in [6.07, 6.45) is -1.65. The highest BCUT2D eigenvalue weighted by atomic mass is 32.1. The van der Waals surface area contributed by atoms with Crippen LogP contribution in [0.15, 0.2) is 24.3 Å². The number of likely N-dealkylation sites (tertiary alicyclic amines) is 1. The molecule has 1 aromatic carbocycles. The number of aromatic nitrogens is 3. The number of alkyl halides is 3. The number of nitrogens with zero attached hydrogens (tertiary/aromatic N) is 4. The second kappa shape index (κ2) is 6.79. The maximum Gasteiger partial charge on any atom is 0.416 e. The third kappa shape index (κ3) is 3.29. The highest BCUT2D eigenvalue weighted by Gasteiger charge is 2.33. The van der Waals surface area contributed by atoms with E-state index in [2.05, 4.69) is 15.0 Å². The SMILES string of the molecule is CCc1nc2sc([C@@H](c3ccc(C(F)(F)F)cc3)N3CCCC3)c(O)n2n1. The number of fused-ring (bicyclic) bond motifs is 1. The third-order valence-corrected chi connectivity index (χ3v) is 5.94. The van der Waals surface area contributed by atoms with Gasteiger partial charge >= 0.3 is 6.18 Å². The smallest absolute Gasteiger partial charge is 0.416 e. The third-order valence-electron chi connectivity index (χ3n) is 4.87. The first-order chi connectivity index (χ1) is 12.9. The van der Waals surface area contributed by atoms with E-state index in [1.165, 1.54) is 28.0 Å². The molecule has 0 spiro atoms. The van der Waals surface area contributed by atoms with Gasteiger partial charge in [-0.15, -0.1) is 5.10 Å². The standard InChI is InChI=1S/C18H19F3N4OS/c1-2-13-22-17-25(23-13)16(26)15(27-17)14(24-9-3-4-10-24)11-5-7-12(8-6-11)18(19,20)21/h5-8,14,26H,2-4,9-10H2,1H3/t14-/m1/s1. The van der Waals surface area contributed by atoms with Gasteiger partial charge < -0.3 is 5.11 Å². The molecule has 1 fully saturated rings. The van der Waals surface area contributed by atoms with E-state index in [0.29, 0.717) is 22.1 Å². The predicted octanol–water partition coefficient (Wildman–Crippen LogP) is 4.26. The lowest BCUT2D eigenvalue weighted by molar-refractivity contribution is -0.137. The first-order valence-electron chi connectivity index (χ1n) is 8.87. The van der Waals surface area contributed by atoms with Crippen LogP contribution in [0.4, 0.5) is 13.2 Å². The molecule has 4 rings (SSSR count). The van der Waals surface area contributed by atoms with E-state index < -0.39 is 11.7 Å². The first-order valence-corrected chi connectivity index (χ1v) is 9.68. The maximum absolute atomic E-state index is 12.9. The van der Waals surface area contributed by atoms with E-state index >= 15 is 0 Å². The molecule has 1 aliphatic rings. The lowest BCUT2D eigenvalue weighted by Crippen LogP contribution is -2.26. The molecule has 27 heavy (non-hydrogen) atoms. The van der Waals surface area contributed by atoms with Crippen LogP contribution in [0, 0.1) is 0 Å². The molecule has 1 aliphatic heterocycles. The second-order valence-corrected chi connectivity index (χ2v) is 7.64. The molecule has 144 valence electrons. The predicted molar refractivity (Wildman–Crippen MR) is 96.0 cm³/mol. The first kappa shape index (κ1) is 18.2. The molecule has 1 saturated heterocycles. The molecule has 0 bridgehead atoms. The average Bonchev–Trinajstić information content (AvgIpc) is 3.35. The topological polar surface area (TPSA) is 53.7 Å². The summed E-state index contributed by atoms with van der Waals surface area (Å²) < 4.78 is 40.2. The average molecular weight is 396 g/mol. The number of hydrogen-bond acceptors (Lipinski definition) is 5. The molecular weight excluding hydrogens is 377 g/mol. The van der Waals surface area contributed by atoms with Crippen molar-refractivity contribution in [1.29, 1.82) is 0 Å². The lowest BCUT2D eigenvalue weighted by atomic mass is 10.0. The van der Waals surface area contributed by atoms with Crippen molar-refractivity contribution in [3.05, 3.63) is 46.1 Å². The fourth-order valence-corrected chi connectivity index (χ4v) is 4.64. The number of thiazole rings is 1.